The number of Topliss-reactive ketones (excluding diaryl/α,β-unsaturated/α-hetero) is 1. The van der Waals surface area contributed by atoms with Crippen molar-refractivity contribution in [3.8, 4) is 0 Å². The minimum Gasteiger partial charge on any atom is -0.480 e. The third-order valence-electron chi connectivity index (χ3n) is 4.51. The van der Waals surface area contributed by atoms with Crippen LogP contribution in [-0.4, -0.2) is 27.3 Å². The molecule has 0 saturated heterocycles. The lowest BCUT2D eigenvalue weighted by molar-refractivity contribution is -0.153. The van der Waals surface area contributed by atoms with Gasteiger partial charge < -0.3 is 5.11 Å². The van der Waals surface area contributed by atoms with Crippen LogP contribution in [0.15, 0.2) is 18.2 Å². The monoisotopic (exact) mass is 275 g/mol. The fourth-order valence-corrected chi connectivity index (χ4v) is 3.05. The zero-order chi connectivity index (χ0) is 14.9. The first-order chi connectivity index (χ1) is 9.44. The van der Waals surface area contributed by atoms with Gasteiger partial charge in [0.2, 0.25) is 0 Å². The number of rotatable bonds is 5. The molecule has 0 fully saturated rings. The van der Waals surface area contributed by atoms with Crippen molar-refractivity contribution in [2.45, 2.75) is 52.2 Å². The van der Waals surface area contributed by atoms with E-state index in [0.717, 1.165) is 11.1 Å². The highest BCUT2D eigenvalue weighted by atomic mass is 16.4. The average Bonchev–Trinajstić information content (AvgIpc) is 2.83. The van der Waals surface area contributed by atoms with E-state index in [-0.39, 0.29) is 5.78 Å². The molecule has 1 aliphatic rings. The normalized spacial score (nSPS) is 15.2. The van der Waals surface area contributed by atoms with Gasteiger partial charge in [-0.05, 0) is 37.0 Å². The highest BCUT2D eigenvalue weighted by molar-refractivity contribution is 5.94. The van der Waals surface area contributed by atoms with Crippen LogP contribution in [0.3, 0.4) is 0 Å². The molecule has 0 atom stereocenters. The summed E-state index contributed by atoms with van der Waals surface area (Å²) in [7, 11) is 0. The highest BCUT2D eigenvalue weighted by Gasteiger charge is 2.43. The predicted octanol–water partition coefficient (Wildman–Crippen LogP) is 2.85. The van der Waals surface area contributed by atoms with Gasteiger partial charge in [-0.1, -0.05) is 26.0 Å². The minimum atomic E-state index is -0.810. The van der Waals surface area contributed by atoms with E-state index in [1.165, 1.54) is 0 Å². The Bertz CT molecular complexity index is 547. The molecule has 108 valence electrons. The summed E-state index contributed by atoms with van der Waals surface area (Å²) in [5.74, 6) is -0.719. The topological polar surface area (TPSA) is 57.6 Å². The van der Waals surface area contributed by atoms with Crippen molar-refractivity contribution in [2.75, 3.05) is 0 Å². The Morgan fingerprint density at radius 2 is 1.80 bits per heavy atom. The first-order valence-electron chi connectivity index (χ1n) is 7.05. The van der Waals surface area contributed by atoms with Crippen LogP contribution >= 0.6 is 0 Å². The number of carbonyl (C=O) groups is 2. The smallest absolute Gasteiger partial charge is 0.324 e. The molecule has 1 heterocycles. The van der Waals surface area contributed by atoms with Crippen molar-refractivity contribution in [3.63, 3.8) is 0 Å². The first kappa shape index (κ1) is 14.7. The van der Waals surface area contributed by atoms with Gasteiger partial charge in [0.15, 0.2) is 5.78 Å². The quantitative estimate of drug-likeness (QED) is 0.839. The number of carboxylic acid groups (broad SMARTS) is 1. The van der Waals surface area contributed by atoms with E-state index in [0.29, 0.717) is 31.5 Å². The zero-order valence-electron chi connectivity index (χ0n) is 12.3. The Labute approximate surface area is 119 Å². The lowest BCUT2D eigenvalue weighted by Gasteiger charge is -2.36. The lowest BCUT2D eigenvalue weighted by Crippen LogP contribution is -2.51. The molecule has 4 nitrogen and oxygen atoms in total. The van der Waals surface area contributed by atoms with Crippen LogP contribution < -0.4 is 0 Å². The Hall–Kier alpha value is -1.68. The highest BCUT2D eigenvalue weighted by Crippen LogP contribution is 2.34. The zero-order valence-corrected chi connectivity index (χ0v) is 12.3. The van der Waals surface area contributed by atoms with E-state index >= 15 is 0 Å². The molecule has 20 heavy (non-hydrogen) atoms. The summed E-state index contributed by atoms with van der Waals surface area (Å²) < 4.78 is 0. The number of hydrogen-bond acceptors (Lipinski definition) is 3. The van der Waals surface area contributed by atoms with Crippen LogP contribution in [-0.2, 0) is 17.9 Å². The van der Waals surface area contributed by atoms with Crippen LogP contribution in [0.5, 0.6) is 0 Å². The Morgan fingerprint density at radius 3 is 2.30 bits per heavy atom. The minimum absolute atomic E-state index is 0.0433. The van der Waals surface area contributed by atoms with Gasteiger partial charge in [0.1, 0.15) is 5.54 Å². The fourth-order valence-electron chi connectivity index (χ4n) is 3.05. The van der Waals surface area contributed by atoms with Crippen LogP contribution in [0.4, 0.5) is 0 Å². The second-order valence-electron chi connectivity index (χ2n) is 5.44. The fraction of sp³-hybridized carbons (Fsp3) is 0.500. The SMILES string of the molecule is CCC(CC)(C(=O)O)N1Cc2ccc(C(C)=O)cc2C1. The number of aliphatic carboxylic acids is 1. The second kappa shape index (κ2) is 5.37. The number of hydrogen-bond donors (Lipinski definition) is 1. The molecule has 0 amide bonds. The van der Waals surface area contributed by atoms with Gasteiger partial charge >= 0.3 is 5.97 Å². The van der Waals surface area contributed by atoms with Crippen molar-refractivity contribution < 1.29 is 14.7 Å². The number of benzene rings is 1. The molecule has 0 saturated carbocycles. The van der Waals surface area contributed by atoms with Crippen LogP contribution in [0.25, 0.3) is 0 Å². The van der Waals surface area contributed by atoms with Gasteiger partial charge in [-0.25, -0.2) is 0 Å². The molecule has 1 aliphatic heterocycles. The maximum absolute atomic E-state index is 11.7. The summed E-state index contributed by atoms with van der Waals surface area (Å²) in [6, 6.07) is 5.67. The summed E-state index contributed by atoms with van der Waals surface area (Å²) in [5, 5.41) is 9.61. The molecule has 0 bridgehead atoms. The lowest BCUT2D eigenvalue weighted by atomic mass is 9.91. The maximum Gasteiger partial charge on any atom is 0.324 e. The number of ketones is 1. The summed E-state index contributed by atoms with van der Waals surface area (Å²) in [5.41, 5.74) is 2.09. The molecule has 0 spiro atoms. The van der Waals surface area contributed by atoms with E-state index in [9.17, 15) is 14.7 Å². The molecule has 0 unspecified atom stereocenters. The number of fused-ring (bicyclic) bond motifs is 1. The van der Waals surface area contributed by atoms with E-state index in [1.807, 2.05) is 36.9 Å². The molecule has 1 aromatic carbocycles. The van der Waals surface area contributed by atoms with E-state index in [1.54, 1.807) is 6.92 Å². The predicted molar refractivity (Wildman–Crippen MR) is 76.6 cm³/mol. The first-order valence-corrected chi connectivity index (χ1v) is 7.05. The number of carbonyl (C=O) groups excluding carboxylic acids is 1. The van der Waals surface area contributed by atoms with E-state index in [4.69, 9.17) is 0 Å². The summed E-state index contributed by atoms with van der Waals surface area (Å²) >= 11 is 0. The van der Waals surface area contributed by atoms with Gasteiger partial charge in [0.05, 0.1) is 0 Å². The van der Waals surface area contributed by atoms with Crippen molar-refractivity contribution in [1.29, 1.82) is 0 Å². The average molecular weight is 275 g/mol. The van der Waals surface area contributed by atoms with Gasteiger partial charge in [-0.3, -0.25) is 14.5 Å². The van der Waals surface area contributed by atoms with Crippen molar-refractivity contribution in [1.82, 2.24) is 4.90 Å². The molecular weight excluding hydrogens is 254 g/mol. The molecule has 0 aromatic heterocycles. The summed E-state index contributed by atoms with van der Waals surface area (Å²) in [4.78, 5) is 25.2. The van der Waals surface area contributed by atoms with Gasteiger partial charge in [-0.2, -0.15) is 0 Å². The molecule has 1 aromatic rings. The van der Waals surface area contributed by atoms with E-state index < -0.39 is 11.5 Å². The van der Waals surface area contributed by atoms with Gasteiger partial charge in [-0.15, -0.1) is 0 Å². The van der Waals surface area contributed by atoms with Crippen molar-refractivity contribution >= 4 is 11.8 Å². The van der Waals surface area contributed by atoms with Crippen LogP contribution in [0, 0.1) is 0 Å². The van der Waals surface area contributed by atoms with E-state index in [2.05, 4.69) is 0 Å². The van der Waals surface area contributed by atoms with Gasteiger partial charge in [0, 0.05) is 18.7 Å². The van der Waals surface area contributed by atoms with Gasteiger partial charge in [0.25, 0.3) is 0 Å². The standard InChI is InChI=1S/C16H21NO3/c1-4-16(5-2,15(19)20)17-9-13-7-6-12(11(3)18)8-14(13)10-17/h6-8H,4-5,9-10H2,1-3H3,(H,19,20). The molecule has 0 radical (unpaired) electrons. The molecule has 1 N–H and O–H groups in total. The molecule has 4 heteroatoms. The summed E-state index contributed by atoms with van der Waals surface area (Å²) in [6.07, 6.45) is 1.15. The molecular formula is C16H21NO3. The molecule has 2 rings (SSSR count). The van der Waals surface area contributed by atoms with Crippen molar-refractivity contribution in [2.24, 2.45) is 0 Å². The summed E-state index contributed by atoms with van der Waals surface area (Å²) in [6.45, 7) is 6.63. The number of nitrogens with zero attached hydrogens (tertiary/aromatic N) is 1. The molecule has 0 aliphatic carbocycles. The Balaban J connectivity index is 2.32. The second-order valence-corrected chi connectivity index (χ2v) is 5.44. The Morgan fingerprint density at radius 1 is 1.20 bits per heavy atom. The maximum atomic E-state index is 11.7. The largest absolute Gasteiger partial charge is 0.480 e. The Kier molecular flexibility index (Phi) is 3.95. The third kappa shape index (κ3) is 2.24. The number of carboxylic acids is 1. The third-order valence-corrected chi connectivity index (χ3v) is 4.51. The van der Waals surface area contributed by atoms with Crippen LogP contribution in [0.2, 0.25) is 0 Å². The van der Waals surface area contributed by atoms with Crippen LogP contribution in [0.1, 0.15) is 55.1 Å². The van der Waals surface area contributed by atoms with Crippen molar-refractivity contribution in [3.05, 3.63) is 34.9 Å².